The van der Waals surface area contributed by atoms with Crippen LogP contribution >= 0.6 is 0 Å². The van der Waals surface area contributed by atoms with E-state index in [2.05, 4.69) is 0 Å². The van der Waals surface area contributed by atoms with Crippen molar-refractivity contribution in [1.82, 2.24) is 4.31 Å². The number of carbonyl (C=O) groups excluding carboxylic acids is 1. The fourth-order valence-electron chi connectivity index (χ4n) is 2.33. The molecule has 0 N–H and O–H groups in total. The second kappa shape index (κ2) is 5.44. The van der Waals surface area contributed by atoms with E-state index < -0.39 is 10.0 Å². The minimum absolute atomic E-state index is 0.0120. The molecule has 1 aromatic rings. The van der Waals surface area contributed by atoms with Crippen LogP contribution in [0.3, 0.4) is 0 Å². The lowest BCUT2D eigenvalue weighted by molar-refractivity contribution is 0.0418. The van der Waals surface area contributed by atoms with Crippen molar-refractivity contribution >= 4 is 16.3 Å². The molecule has 2 unspecified atom stereocenters. The number of ether oxygens (including phenoxy) is 1. The van der Waals surface area contributed by atoms with Gasteiger partial charge in [-0.05, 0) is 31.9 Å². The number of methoxy groups -OCH3 is 1. The van der Waals surface area contributed by atoms with Crippen LogP contribution in [0.1, 0.15) is 30.3 Å². The molecule has 0 saturated carbocycles. The number of sulfonamides is 1. The zero-order chi connectivity index (χ0) is 14.0. The van der Waals surface area contributed by atoms with Gasteiger partial charge in [-0.2, -0.15) is 4.31 Å². The summed E-state index contributed by atoms with van der Waals surface area (Å²) in [5.74, 6) is 0.0120. The molecule has 1 fully saturated rings. The summed E-state index contributed by atoms with van der Waals surface area (Å²) in [7, 11) is -2.05. The molecule has 1 aliphatic heterocycles. The number of carbonyl (C=O) groups is 1. The van der Waals surface area contributed by atoms with Gasteiger partial charge in [-0.1, -0.05) is 0 Å². The third-order valence-corrected chi connectivity index (χ3v) is 5.27. The molecule has 0 radical (unpaired) electrons. The normalized spacial score (nSPS) is 25.4. The van der Waals surface area contributed by atoms with Gasteiger partial charge in [0, 0.05) is 19.7 Å². The lowest BCUT2D eigenvalue weighted by atomic mass is 10.0. The van der Waals surface area contributed by atoms with Gasteiger partial charge in [0.05, 0.1) is 6.10 Å². The van der Waals surface area contributed by atoms with E-state index in [1.54, 1.807) is 7.11 Å². The predicted molar refractivity (Wildman–Crippen MR) is 67.5 cm³/mol. The molecule has 19 heavy (non-hydrogen) atoms. The van der Waals surface area contributed by atoms with Gasteiger partial charge < -0.3 is 9.15 Å². The summed E-state index contributed by atoms with van der Waals surface area (Å²) in [6, 6.07) is 2.51. The monoisotopic (exact) mass is 287 g/mol. The molecule has 0 bridgehead atoms. The molecule has 2 rings (SSSR count). The molecule has 7 heteroatoms. The van der Waals surface area contributed by atoms with Crippen LogP contribution in [0, 0.1) is 0 Å². The van der Waals surface area contributed by atoms with E-state index >= 15 is 0 Å². The molecular weight excluding hydrogens is 270 g/mol. The van der Waals surface area contributed by atoms with Crippen molar-refractivity contribution in [3.8, 4) is 0 Å². The number of furan rings is 1. The fraction of sp³-hybridized carbons (Fsp3) is 0.583. The van der Waals surface area contributed by atoms with E-state index in [1.165, 1.54) is 16.4 Å². The first-order valence-electron chi connectivity index (χ1n) is 6.08. The maximum Gasteiger partial charge on any atom is 0.276 e. The third kappa shape index (κ3) is 2.72. The zero-order valence-corrected chi connectivity index (χ0v) is 11.7. The molecule has 1 saturated heterocycles. The number of hydrogen-bond acceptors (Lipinski definition) is 5. The highest BCUT2D eigenvalue weighted by Gasteiger charge is 2.36. The summed E-state index contributed by atoms with van der Waals surface area (Å²) in [5.41, 5.74) is 0. The summed E-state index contributed by atoms with van der Waals surface area (Å²) in [5, 5.41) is -0.183. The topological polar surface area (TPSA) is 76.8 Å². The van der Waals surface area contributed by atoms with E-state index in [9.17, 15) is 13.2 Å². The third-order valence-electron chi connectivity index (χ3n) is 3.38. The van der Waals surface area contributed by atoms with E-state index in [0.717, 1.165) is 0 Å². The Hall–Kier alpha value is -1.18. The molecular formula is C12H17NO5S. The lowest BCUT2D eigenvalue weighted by Gasteiger charge is -2.35. The van der Waals surface area contributed by atoms with Gasteiger partial charge in [-0.15, -0.1) is 0 Å². The molecule has 1 aliphatic rings. The van der Waals surface area contributed by atoms with Crippen LogP contribution in [0.25, 0.3) is 0 Å². The summed E-state index contributed by atoms with van der Waals surface area (Å²) in [6.45, 7) is 2.23. The SMILES string of the molecule is COC1CCN(S(=O)(=O)c2ccc(C=O)o2)C(C)C1. The van der Waals surface area contributed by atoms with Gasteiger partial charge in [-0.3, -0.25) is 4.79 Å². The van der Waals surface area contributed by atoms with Crippen molar-refractivity contribution in [2.75, 3.05) is 13.7 Å². The van der Waals surface area contributed by atoms with Gasteiger partial charge in [-0.25, -0.2) is 8.42 Å². The second-order valence-electron chi connectivity index (χ2n) is 4.62. The average molecular weight is 287 g/mol. The quantitative estimate of drug-likeness (QED) is 0.780. The zero-order valence-electron chi connectivity index (χ0n) is 10.9. The lowest BCUT2D eigenvalue weighted by Crippen LogP contribution is -2.46. The van der Waals surface area contributed by atoms with Crippen molar-refractivity contribution < 1.29 is 22.4 Å². The Balaban J connectivity index is 2.22. The number of rotatable bonds is 4. The first kappa shape index (κ1) is 14.2. The Morgan fingerprint density at radius 1 is 1.47 bits per heavy atom. The number of piperidine rings is 1. The van der Waals surface area contributed by atoms with Crippen LogP contribution in [-0.2, 0) is 14.8 Å². The van der Waals surface area contributed by atoms with Crippen molar-refractivity contribution in [1.29, 1.82) is 0 Å². The minimum atomic E-state index is -3.68. The smallest absolute Gasteiger partial charge is 0.276 e. The summed E-state index contributed by atoms with van der Waals surface area (Å²) in [4.78, 5) is 10.6. The highest BCUT2D eigenvalue weighted by molar-refractivity contribution is 7.89. The molecule has 0 aliphatic carbocycles. The predicted octanol–water partition coefficient (Wildman–Crippen LogP) is 1.28. The Morgan fingerprint density at radius 3 is 2.74 bits per heavy atom. The van der Waals surface area contributed by atoms with Crippen molar-refractivity contribution in [2.24, 2.45) is 0 Å². The Kier molecular flexibility index (Phi) is 4.07. The maximum absolute atomic E-state index is 12.4. The Morgan fingerprint density at radius 2 is 2.21 bits per heavy atom. The first-order chi connectivity index (χ1) is 8.98. The summed E-state index contributed by atoms with van der Waals surface area (Å²) < 4.78 is 36.5. The van der Waals surface area contributed by atoms with Crippen LogP contribution in [0.5, 0.6) is 0 Å². The Labute approximate surface area is 112 Å². The number of hydrogen-bond donors (Lipinski definition) is 0. The average Bonchev–Trinajstić information content (AvgIpc) is 2.87. The van der Waals surface area contributed by atoms with Crippen LogP contribution in [0.4, 0.5) is 0 Å². The first-order valence-corrected chi connectivity index (χ1v) is 7.52. The Bertz CT molecular complexity index is 550. The highest BCUT2D eigenvalue weighted by Crippen LogP contribution is 2.27. The number of aldehydes is 1. The summed E-state index contributed by atoms with van der Waals surface area (Å²) in [6.07, 6.45) is 1.88. The number of nitrogens with zero attached hydrogens (tertiary/aromatic N) is 1. The van der Waals surface area contributed by atoms with E-state index in [1.807, 2.05) is 6.92 Å². The van der Waals surface area contributed by atoms with Crippen molar-refractivity contribution in [2.45, 2.75) is 37.0 Å². The van der Waals surface area contributed by atoms with E-state index in [0.29, 0.717) is 25.7 Å². The van der Waals surface area contributed by atoms with Crippen molar-refractivity contribution in [3.05, 3.63) is 17.9 Å². The molecule has 0 aromatic carbocycles. The van der Waals surface area contributed by atoms with Crippen LogP contribution in [-0.4, -0.2) is 44.8 Å². The molecule has 0 spiro atoms. The van der Waals surface area contributed by atoms with Crippen molar-refractivity contribution in [3.63, 3.8) is 0 Å². The van der Waals surface area contributed by atoms with Gasteiger partial charge in [0.1, 0.15) is 0 Å². The van der Waals surface area contributed by atoms with E-state index in [4.69, 9.17) is 9.15 Å². The maximum atomic E-state index is 12.4. The highest BCUT2D eigenvalue weighted by atomic mass is 32.2. The largest absolute Gasteiger partial charge is 0.440 e. The standard InChI is InChI=1S/C12H17NO5S/c1-9-7-10(17-2)5-6-13(9)19(15,16)12-4-3-11(8-14)18-12/h3-4,8-10H,5-7H2,1-2H3. The molecule has 2 heterocycles. The molecule has 106 valence electrons. The van der Waals surface area contributed by atoms with Crippen LogP contribution in [0.15, 0.2) is 21.6 Å². The summed E-state index contributed by atoms with van der Waals surface area (Å²) >= 11 is 0. The van der Waals surface area contributed by atoms with Crippen LogP contribution in [0.2, 0.25) is 0 Å². The van der Waals surface area contributed by atoms with Gasteiger partial charge in [0.2, 0.25) is 5.09 Å². The van der Waals surface area contributed by atoms with Crippen LogP contribution < -0.4 is 0 Å². The fourth-order valence-corrected chi connectivity index (χ4v) is 3.91. The van der Waals surface area contributed by atoms with Gasteiger partial charge in [0.25, 0.3) is 10.0 Å². The van der Waals surface area contributed by atoms with Gasteiger partial charge >= 0.3 is 0 Å². The second-order valence-corrected chi connectivity index (χ2v) is 6.44. The molecule has 1 aromatic heterocycles. The van der Waals surface area contributed by atoms with E-state index in [-0.39, 0.29) is 23.0 Å². The molecule has 0 amide bonds. The molecule has 2 atom stereocenters. The minimum Gasteiger partial charge on any atom is -0.440 e. The van der Waals surface area contributed by atoms with Gasteiger partial charge in [0.15, 0.2) is 12.0 Å². The molecule has 6 nitrogen and oxygen atoms in total.